The predicted molar refractivity (Wildman–Crippen MR) is 73.3 cm³/mol. The van der Waals surface area contributed by atoms with Crippen LogP contribution in [0.3, 0.4) is 0 Å². The van der Waals surface area contributed by atoms with Crippen molar-refractivity contribution in [2.24, 2.45) is 0 Å². The first-order chi connectivity index (χ1) is 9.19. The number of hydrogen-bond donors (Lipinski definition) is 1. The van der Waals surface area contributed by atoms with Crippen molar-refractivity contribution < 1.29 is 9.53 Å². The van der Waals surface area contributed by atoms with Gasteiger partial charge in [-0.1, -0.05) is 12.1 Å². The molecule has 0 amide bonds. The Kier molecular flexibility index (Phi) is 4.18. The summed E-state index contributed by atoms with van der Waals surface area (Å²) >= 11 is 0. The molecule has 0 atom stereocenters. The number of aryl methyl sites for hydroxylation is 1. The first-order valence-corrected chi connectivity index (χ1v) is 6.14. The van der Waals surface area contributed by atoms with Gasteiger partial charge in [-0.15, -0.1) is 0 Å². The third-order valence-electron chi connectivity index (χ3n) is 2.85. The van der Waals surface area contributed by atoms with Crippen LogP contribution in [0.25, 0.3) is 11.1 Å². The molecule has 1 heterocycles. The Labute approximate surface area is 112 Å². The van der Waals surface area contributed by atoms with Crippen molar-refractivity contribution in [2.45, 2.75) is 19.4 Å². The van der Waals surface area contributed by atoms with Crippen LogP contribution in [-0.2, 0) is 16.1 Å². The molecule has 0 aliphatic carbocycles. The first kappa shape index (κ1) is 13.1. The lowest BCUT2D eigenvalue weighted by molar-refractivity contribution is -0.140. The Balaban J connectivity index is 1.97. The zero-order valence-corrected chi connectivity index (χ0v) is 10.9. The van der Waals surface area contributed by atoms with Crippen molar-refractivity contribution in [3.8, 4) is 11.1 Å². The van der Waals surface area contributed by atoms with Crippen molar-refractivity contribution >= 4 is 11.7 Å². The van der Waals surface area contributed by atoms with Crippen LogP contribution >= 0.6 is 0 Å². The van der Waals surface area contributed by atoms with Crippen LogP contribution in [0.5, 0.6) is 0 Å². The second-order valence-corrected chi connectivity index (χ2v) is 4.30. The summed E-state index contributed by atoms with van der Waals surface area (Å²) < 4.78 is 6.41. The van der Waals surface area contributed by atoms with Crippen molar-refractivity contribution in [1.29, 1.82) is 0 Å². The fourth-order valence-electron chi connectivity index (χ4n) is 1.84. The molecule has 0 saturated carbocycles. The highest BCUT2D eigenvalue weighted by Crippen LogP contribution is 2.20. The smallest absolute Gasteiger partial charge is 0.305 e. The van der Waals surface area contributed by atoms with Crippen LogP contribution in [0.2, 0.25) is 0 Å². The molecule has 1 aromatic heterocycles. The lowest BCUT2D eigenvalue weighted by atomic mass is 10.1. The van der Waals surface area contributed by atoms with Gasteiger partial charge in [0.2, 0.25) is 0 Å². The lowest BCUT2D eigenvalue weighted by Crippen LogP contribution is -2.04. The van der Waals surface area contributed by atoms with E-state index in [9.17, 15) is 4.79 Å². The monoisotopic (exact) mass is 259 g/mol. The highest BCUT2D eigenvalue weighted by Gasteiger charge is 2.04. The van der Waals surface area contributed by atoms with Crippen LogP contribution in [0.4, 0.5) is 5.69 Å². The number of carbonyl (C=O) groups excluding carboxylic acids is 1. The molecule has 5 nitrogen and oxygen atoms in total. The molecule has 19 heavy (non-hydrogen) atoms. The number of nitrogens with two attached hydrogens (primary N) is 1. The number of benzene rings is 1. The SMILES string of the molecule is COC(=O)CCCn1cc(-c2cccc(N)c2)cn1. The quantitative estimate of drug-likeness (QED) is 0.659. The standard InChI is InChI=1S/C14H17N3O2/c1-19-14(18)6-3-7-17-10-12(9-16-17)11-4-2-5-13(15)8-11/h2,4-5,8-10H,3,6-7,15H2,1H3. The number of nitrogen functional groups attached to an aromatic ring is 1. The Morgan fingerprint density at radius 1 is 1.42 bits per heavy atom. The normalized spacial score (nSPS) is 10.4. The largest absolute Gasteiger partial charge is 0.469 e. The number of nitrogens with zero attached hydrogens (tertiary/aromatic N) is 2. The summed E-state index contributed by atoms with van der Waals surface area (Å²) in [5.74, 6) is -0.191. The van der Waals surface area contributed by atoms with Crippen molar-refractivity contribution in [3.05, 3.63) is 36.7 Å². The summed E-state index contributed by atoms with van der Waals surface area (Å²) in [6.45, 7) is 0.692. The maximum absolute atomic E-state index is 11.0. The number of ether oxygens (including phenoxy) is 1. The van der Waals surface area contributed by atoms with Crippen molar-refractivity contribution in [3.63, 3.8) is 0 Å². The van der Waals surface area contributed by atoms with E-state index < -0.39 is 0 Å². The Hall–Kier alpha value is -2.30. The zero-order chi connectivity index (χ0) is 13.7. The summed E-state index contributed by atoms with van der Waals surface area (Å²) in [6.07, 6.45) is 4.87. The average Bonchev–Trinajstić information content (AvgIpc) is 2.87. The minimum atomic E-state index is -0.191. The topological polar surface area (TPSA) is 70.1 Å². The Morgan fingerprint density at radius 2 is 2.26 bits per heavy atom. The molecule has 0 fully saturated rings. The fourth-order valence-corrected chi connectivity index (χ4v) is 1.84. The van der Waals surface area contributed by atoms with E-state index in [1.165, 1.54) is 7.11 Å². The van der Waals surface area contributed by atoms with Gasteiger partial charge in [-0.3, -0.25) is 9.48 Å². The van der Waals surface area contributed by atoms with Gasteiger partial charge in [0.1, 0.15) is 0 Å². The van der Waals surface area contributed by atoms with Gasteiger partial charge in [-0.2, -0.15) is 5.10 Å². The van der Waals surface area contributed by atoms with Crippen LogP contribution in [0.15, 0.2) is 36.7 Å². The summed E-state index contributed by atoms with van der Waals surface area (Å²) in [4.78, 5) is 11.0. The fraction of sp³-hybridized carbons (Fsp3) is 0.286. The Bertz CT molecular complexity index is 563. The third-order valence-corrected chi connectivity index (χ3v) is 2.85. The lowest BCUT2D eigenvalue weighted by Gasteiger charge is -2.01. The molecule has 0 unspecified atom stereocenters. The number of anilines is 1. The highest BCUT2D eigenvalue weighted by atomic mass is 16.5. The van der Waals surface area contributed by atoms with Gasteiger partial charge in [0.25, 0.3) is 0 Å². The van der Waals surface area contributed by atoms with E-state index >= 15 is 0 Å². The summed E-state index contributed by atoms with van der Waals surface area (Å²) in [5.41, 5.74) is 8.55. The van der Waals surface area contributed by atoms with E-state index in [0.717, 1.165) is 16.8 Å². The maximum Gasteiger partial charge on any atom is 0.305 e. The number of esters is 1. The molecule has 0 aliphatic heterocycles. The van der Waals surface area contributed by atoms with Crippen LogP contribution < -0.4 is 5.73 Å². The van der Waals surface area contributed by atoms with Crippen molar-refractivity contribution in [1.82, 2.24) is 9.78 Å². The van der Waals surface area contributed by atoms with Gasteiger partial charge >= 0.3 is 5.97 Å². The van der Waals surface area contributed by atoms with E-state index in [1.807, 2.05) is 35.1 Å². The first-order valence-electron chi connectivity index (χ1n) is 6.14. The number of rotatable bonds is 5. The highest BCUT2D eigenvalue weighted by molar-refractivity contribution is 5.69. The summed E-state index contributed by atoms with van der Waals surface area (Å²) in [5, 5.41) is 4.27. The molecule has 2 rings (SSSR count). The molecule has 2 aromatic rings. The maximum atomic E-state index is 11.0. The minimum Gasteiger partial charge on any atom is -0.469 e. The molecule has 2 N–H and O–H groups in total. The molecular formula is C14H17N3O2. The van der Waals surface area contributed by atoms with Crippen molar-refractivity contribution in [2.75, 3.05) is 12.8 Å². The van der Waals surface area contributed by atoms with E-state index in [0.29, 0.717) is 19.4 Å². The molecular weight excluding hydrogens is 242 g/mol. The minimum absolute atomic E-state index is 0.191. The molecule has 0 radical (unpaired) electrons. The molecule has 0 saturated heterocycles. The van der Waals surface area contributed by atoms with E-state index in [2.05, 4.69) is 9.84 Å². The van der Waals surface area contributed by atoms with E-state index in [4.69, 9.17) is 5.73 Å². The second-order valence-electron chi connectivity index (χ2n) is 4.30. The van der Waals surface area contributed by atoms with Crippen LogP contribution in [-0.4, -0.2) is 22.9 Å². The molecule has 100 valence electrons. The zero-order valence-electron chi connectivity index (χ0n) is 10.9. The van der Waals surface area contributed by atoms with Gasteiger partial charge < -0.3 is 10.5 Å². The average molecular weight is 259 g/mol. The number of methoxy groups -OCH3 is 1. The molecule has 1 aromatic carbocycles. The number of aromatic nitrogens is 2. The van der Waals surface area contributed by atoms with Crippen LogP contribution in [0.1, 0.15) is 12.8 Å². The van der Waals surface area contributed by atoms with Gasteiger partial charge in [0.15, 0.2) is 0 Å². The van der Waals surface area contributed by atoms with Gasteiger partial charge in [-0.05, 0) is 24.1 Å². The third kappa shape index (κ3) is 3.58. The molecule has 0 bridgehead atoms. The van der Waals surface area contributed by atoms with E-state index in [1.54, 1.807) is 6.20 Å². The molecule has 5 heteroatoms. The Morgan fingerprint density at radius 3 is 3.00 bits per heavy atom. The second kappa shape index (κ2) is 6.04. The van der Waals surface area contributed by atoms with Crippen LogP contribution in [0, 0.1) is 0 Å². The molecule has 0 spiro atoms. The summed E-state index contributed by atoms with van der Waals surface area (Å²) in [7, 11) is 1.40. The molecule has 0 aliphatic rings. The summed E-state index contributed by atoms with van der Waals surface area (Å²) in [6, 6.07) is 7.67. The van der Waals surface area contributed by atoms with Gasteiger partial charge in [0.05, 0.1) is 13.3 Å². The predicted octanol–water partition coefficient (Wildman–Crippen LogP) is 2.09. The van der Waals surface area contributed by atoms with Gasteiger partial charge in [-0.25, -0.2) is 0 Å². The van der Waals surface area contributed by atoms with E-state index in [-0.39, 0.29) is 5.97 Å². The number of hydrogen-bond acceptors (Lipinski definition) is 4. The van der Waals surface area contributed by atoms with Gasteiger partial charge in [0, 0.05) is 30.4 Å². The number of carbonyl (C=O) groups is 1.